The van der Waals surface area contributed by atoms with Gasteiger partial charge in [0.25, 0.3) is 11.8 Å². The third-order valence-corrected chi connectivity index (χ3v) is 6.10. The summed E-state index contributed by atoms with van der Waals surface area (Å²) >= 11 is 0. The number of fused-ring (bicyclic) bond motifs is 1. The summed E-state index contributed by atoms with van der Waals surface area (Å²) in [6, 6.07) is 7.03. The van der Waals surface area contributed by atoms with Gasteiger partial charge in [0.1, 0.15) is 0 Å². The molecule has 3 aliphatic rings. The summed E-state index contributed by atoms with van der Waals surface area (Å²) in [7, 11) is 1.82. The third kappa shape index (κ3) is 4.42. The van der Waals surface area contributed by atoms with Crippen molar-refractivity contribution < 1.29 is 14.3 Å². The van der Waals surface area contributed by atoms with Gasteiger partial charge in [-0.2, -0.15) is 0 Å². The number of ether oxygens (including phenoxy) is 1. The SMILES string of the molecule is CN=C(NCCCCN1C(=O)c2ccccc2C1=O)N1CCC2(CCOC2)C1.I. The van der Waals surface area contributed by atoms with E-state index < -0.39 is 0 Å². The molecule has 0 saturated carbocycles. The number of amides is 2. The maximum Gasteiger partial charge on any atom is 0.261 e. The molecule has 0 aliphatic carbocycles. The lowest BCUT2D eigenvalue weighted by Gasteiger charge is -2.25. The molecule has 1 spiro atoms. The maximum atomic E-state index is 12.4. The van der Waals surface area contributed by atoms with Crippen molar-refractivity contribution in [2.24, 2.45) is 10.4 Å². The highest BCUT2D eigenvalue weighted by molar-refractivity contribution is 14.0. The van der Waals surface area contributed by atoms with E-state index in [2.05, 4.69) is 15.2 Å². The largest absolute Gasteiger partial charge is 0.381 e. The minimum atomic E-state index is -0.175. The molecule has 1 aromatic rings. The molecule has 3 heterocycles. The topological polar surface area (TPSA) is 74.2 Å². The summed E-state index contributed by atoms with van der Waals surface area (Å²) in [5, 5.41) is 3.43. The first-order chi connectivity index (χ1) is 13.6. The van der Waals surface area contributed by atoms with Gasteiger partial charge in [-0.25, -0.2) is 0 Å². The van der Waals surface area contributed by atoms with E-state index in [0.717, 1.165) is 64.5 Å². The first-order valence-electron chi connectivity index (χ1n) is 10.1. The van der Waals surface area contributed by atoms with Gasteiger partial charge in [0.2, 0.25) is 0 Å². The molecule has 3 aliphatic heterocycles. The molecule has 2 saturated heterocycles. The molecule has 158 valence electrons. The number of halogens is 1. The number of carbonyl (C=O) groups is 2. The Morgan fingerprint density at radius 3 is 2.52 bits per heavy atom. The summed E-state index contributed by atoms with van der Waals surface area (Å²) in [6.45, 7) is 4.98. The van der Waals surface area contributed by atoms with Crippen molar-refractivity contribution in [1.29, 1.82) is 0 Å². The molecule has 0 radical (unpaired) electrons. The van der Waals surface area contributed by atoms with Crippen molar-refractivity contribution in [3.05, 3.63) is 35.4 Å². The van der Waals surface area contributed by atoms with Crippen LogP contribution in [0.3, 0.4) is 0 Å². The second kappa shape index (κ2) is 9.42. The van der Waals surface area contributed by atoms with Crippen LogP contribution in [0.2, 0.25) is 0 Å². The average molecular weight is 512 g/mol. The molecule has 1 unspecified atom stereocenters. The molecule has 8 heteroatoms. The van der Waals surface area contributed by atoms with Crippen LogP contribution in [0.25, 0.3) is 0 Å². The van der Waals surface area contributed by atoms with Crippen molar-refractivity contribution in [3.8, 4) is 0 Å². The Kier molecular flexibility index (Phi) is 7.15. The molecule has 4 rings (SSSR count). The lowest BCUT2D eigenvalue weighted by Crippen LogP contribution is -2.42. The average Bonchev–Trinajstić information content (AvgIpc) is 3.41. The van der Waals surface area contributed by atoms with Crippen molar-refractivity contribution >= 4 is 41.8 Å². The van der Waals surface area contributed by atoms with E-state index in [1.54, 1.807) is 24.3 Å². The summed E-state index contributed by atoms with van der Waals surface area (Å²) in [5.74, 6) is 0.584. The highest BCUT2D eigenvalue weighted by Crippen LogP contribution is 2.38. The fourth-order valence-electron chi connectivity index (χ4n) is 4.46. The molecule has 1 atom stereocenters. The predicted octanol–water partition coefficient (Wildman–Crippen LogP) is 2.37. The van der Waals surface area contributed by atoms with Crippen LogP contribution in [0.1, 0.15) is 46.4 Å². The van der Waals surface area contributed by atoms with E-state index in [0.29, 0.717) is 23.1 Å². The van der Waals surface area contributed by atoms with Gasteiger partial charge >= 0.3 is 0 Å². The van der Waals surface area contributed by atoms with E-state index in [1.165, 1.54) is 4.90 Å². The summed E-state index contributed by atoms with van der Waals surface area (Å²) < 4.78 is 5.60. The summed E-state index contributed by atoms with van der Waals surface area (Å²) in [5.41, 5.74) is 1.35. The lowest BCUT2D eigenvalue weighted by atomic mass is 9.87. The number of aliphatic imine (C=N–C) groups is 1. The smallest absolute Gasteiger partial charge is 0.261 e. The van der Waals surface area contributed by atoms with Crippen LogP contribution in [0.15, 0.2) is 29.3 Å². The Morgan fingerprint density at radius 2 is 1.90 bits per heavy atom. The van der Waals surface area contributed by atoms with E-state index in [-0.39, 0.29) is 35.8 Å². The van der Waals surface area contributed by atoms with E-state index in [4.69, 9.17) is 4.74 Å². The minimum Gasteiger partial charge on any atom is -0.381 e. The fraction of sp³-hybridized carbons (Fsp3) is 0.571. The number of guanidine groups is 1. The molecule has 2 amide bonds. The highest BCUT2D eigenvalue weighted by Gasteiger charge is 2.42. The Bertz CT molecular complexity index is 757. The van der Waals surface area contributed by atoms with Gasteiger partial charge < -0.3 is 15.0 Å². The maximum absolute atomic E-state index is 12.4. The van der Waals surface area contributed by atoms with Crippen LogP contribution in [-0.4, -0.2) is 74.0 Å². The van der Waals surface area contributed by atoms with Crippen LogP contribution in [0, 0.1) is 5.41 Å². The predicted molar refractivity (Wildman–Crippen MR) is 122 cm³/mol. The fourth-order valence-corrected chi connectivity index (χ4v) is 4.46. The van der Waals surface area contributed by atoms with E-state index >= 15 is 0 Å². The monoisotopic (exact) mass is 512 g/mol. The van der Waals surface area contributed by atoms with Gasteiger partial charge in [-0.15, -0.1) is 24.0 Å². The number of hydrogen-bond acceptors (Lipinski definition) is 4. The number of hydrogen-bond donors (Lipinski definition) is 1. The lowest BCUT2D eigenvalue weighted by molar-refractivity contribution is 0.0652. The number of benzene rings is 1. The minimum absolute atomic E-state index is 0. The molecule has 1 N–H and O–H groups in total. The molecule has 1 aromatic carbocycles. The molecular weight excluding hydrogens is 483 g/mol. The number of carbonyl (C=O) groups excluding carboxylic acids is 2. The Labute approximate surface area is 188 Å². The highest BCUT2D eigenvalue weighted by atomic mass is 127. The standard InChI is InChI=1S/C21H28N4O3.HI/c1-22-20(24-12-8-21(14-24)9-13-28-15-21)23-10-4-5-11-25-18(26)16-6-2-3-7-17(16)19(25)27;/h2-3,6-7H,4-5,8-15H2,1H3,(H,22,23);1H. The number of nitrogens with zero attached hydrogens (tertiary/aromatic N) is 3. The molecule has 0 bridgehead atoms. The van der Waals surface area contributed by atoms with Crippen molar-refractivity contribution in [2.45, 2.75) is 25.7 Å². The van der Waals surface area contributed by atoms with Crippen LogP contribution >= 0.6 is 24.0 Å². The Morgan fingerprint density at radius 1 is 1.17 bits per heavy atom. The van der Waals surface area contributed by atoms with Gasteiger partial charge in [-0.1, -0.05) is 12.1 Å². The molecule has 29 heavy (non-hydrogen) atoms. The van der Waals surface area contributed by atoms with Gasteiger partial charge in [-0.05, 0) is 37.8 Å². The number of nitrogens with one attached hydrogen (secondary N) is 1. The molecule has 0 aromatic heterocycles. The zero-order valence-electron chi connectivity index (χ0n) is 16.9. The van der Waals surface area contributed by atoms with Crippen LogP contribution < -0.4 is 5.32 Å². The van der Waals surface area contributed by atoms with E-state index in [1.807, 2.05) is 7.05 Å². The van der Waals surface area contributed by atoms with Gasteiger partial charge in [0.05, 0.1) is 17.7 Å². The molecule has 7 nitrogen and oxygen atoms in total. The van der Waals surface area contributed by atoms with Gasteiger partial charge in [-0.3, -0.25) is 19.5 Å². The first-order valence-corrected chi connectivity index (χ1v) is 10.1. The van der Waals surface area contributed by atoms with Gasteiger partial charge in [0, 0.05) is 45.2 Å². The van der Waals surface area contributed by atoms with Crippen molar-refractivity contribution in [1.82, 2.24) is 15.1 Å². The number of imide groups is 1. The molecular formula is C21H29IN4O3. The van der Waals surface area contributed by atoms with Crippen molar-refractivity contribution in [2.75, 3.05) is 46.4 Å². The zero-order valence-corrected chi connectivity index (χ0v) is 19.2. The number of rotatable bonds is 5. The van der Waals surface area contributed by atoms with Crippen LogP contribution in [-0.2, 0) is 4.74 Å². The third-order valence-electron chi connectivity index (χ3n) is 6.10. The Balaban J connectivity index is 0.00000240. The number of unbranched alkanes of at least 4 members (excludes halogenated alkanes) is 1. The first kappa shape index (κ1) is 22.0. The van der Waals surface area contributed by atoms with Gasteiger partial charge in [0.15, 0.2) is 5.96 Å². The quantitative estimate of drug-likeness (QED) is 0.216. The normalized spacial score (nSPS) is 23.7. The number of likely N-dealkylation sites (tertiary alicyclic amines) is 1. The summed E-state index contributed by atoms with van der Waals surface area (Å²) in [6.07, 6.45) is 3.94. The van der Waals surface area contributed by atoms with Crippen LogP contribution in [0.5, 0.6) is 0 Å². The molecule has 2 fully saturated rings. The second-order valence-electron chi connectivity index (χ2n) is 7.96. The Hall–Kier alpha value is -1.68. The zero-order chi connectivity index (χ0) is 19.6. The van der Waals surface area contributed by atoms with Crippen molar-refractivity contribution in [3.63, 3.8) is 0 Å². The van der Waals surface area contributed by atoms with Crippen LogP contribution in [0.4, 0.5) is 0 Å². The second-order valence-corrected chi connectivity index (χ2v) is 7.96. The summed E-state index contributed by atoms with van der Waals surface area (Å²) in [4.78, 5) is 32.9. The van der Waals surface area contributed by atoms with E-state index in [9.17, 15) is 9.59 Å².